The van der Waals surface area contributed by atoms with E-state index in [-0.39, 0.29) is 11.1 Å². The van der Waals surface area contributed by atoms with Crippen LogP contribution in [0.3, 0.4) is 0 Å². The number of rotatable bonds is 6. The van der Waals surface area contributed by atoms with Crippen molar-refractivity contribution in [3.63, 3.8) is 0 Å². The Hall–Kier alpha value is -1.02. The van der Waals surface area contributed by atoms with Crippen LogP contribution in [0.1, 0.15) is 31.2 Å². The average molecular weight is 299 g/mol. The highest BCUT2D eigenvalue weighted by Gasteiger charge is 2.18. The van der Waals surface area contributed by atoms with Gasteiger partial charge in [-0.1, -0.05) is 6.07 Å². The van der Waals surface area contributed by atoms with Gasteiger partial charge in [0.1, 0.15) is 0 Å². The van der Waals surface area contributed by atoms with Gasteiger partial charge in [-0.15, -0.1) is 0 Å². The number of aromatic nitrogens is 1. The number of hydrogen-bond acceptors (Lipinski definition) is 5. The molecule has 1 unspecified atom stereocenters. The molecule has 6 nitrogen and oxygen atoms in total. The lowest BCUT2D eigenvalue weighted by Crippen LogP contribution is -2.30. The van der Waals surface area contributed by atoms with Gasteiger partial charge in [0.05, 0.1) is 6.10 Å². The van der Waals surface area contributed by atoms with Crippen LogP contribution in [0.4, 0.5) is 0 Å². The molecule has 7 heteroatoms. The van der Waals surface area contributed by atoms with Crippen LogP contribution >= 0.6 is 0 Å². The lowest BCUT2D eigenvalue weighted by atomic mass is 10.1. The monoisotopic (exact) mass is 299 g/mol. The van der Waals surface area contributed by atoms with E-state index in [1.54, 1.807) is 6.07 Å². The second-order valence-electron chi connectivity index (χ2n) is 4.88. The van der Waals surface area contributed by atoms with Crippen molar-refractivity contribution < 1.29 is 13.2 Å². The van der Waals surface area contributed by atoms with Crippen LogP contribution in [-0.2, 0) is 21.3 Å². The number of ether oxygens (including phenoxy) is 1. The summed E-state index contributed by atoms with van der Waals surface area (Å²) in [4.78, 5) is 3.92. The van der Waals surface area contributed by atoms with E-state index in [9.17, 15) is 8.42 Å². The van der Waals surface area contributed by atoms with Crippen molar-refractivity contribution in [3.05, 3.63) is 23.9 Å². The molecular weight excluding hydrogens is 278 g/mol. The van der Waals surface area contributed by atoms with Crippen LogP contribution < -0.4 is 10.5 Å². The topological polar surface area (TPSA) is 94.3 Å². The van der Waals surface area contributed by atoms with Crippen molar-refractivity contribution in [2.24, 2.45) is 5.73 Å². The predicted octanol–water partition coefficient (Wildman–Crippen LogP) is 0.778. The Morgan fingerprint density at radius 1 is 1.40 bits per heavy atom. The van der Waals surface area contributed by atoms with Crippen molar-refractivity contribution in [2.75, 3.05) is 13.2 Å². The molecule has 0 aromatic carbocycles. The Bertz CT molecular complexity index is 510. The molecule has 0 spiro atoms. The molecular formula is C13H21N3O3S. The summed E-state index contributed by atoms with van der Waals surface area (Å²) in [5.41, 5.74) is 6.26. The van der Waals surface area contributed by atoms with Gasteiger partial charge in [0.2, 0.25) is 0 Å². The molecule has 0 amide bonds. The van der Waals surface area contributed by atoms with Crippen LogP contribution in [0.15, 0.2) is 23.4 Å². The van der Waals surface area contributed by atoms with Crippen molar-refractivity contribution in [1.82, 2.24) is 9.71 Å². The molecule has 20 heavy (non-hydrogen) atoms. The zero-order chi connectivity index (χ0) is 14.4. The standard InChI is InChI=1S/C13H21N3O3S/c14-9-11-4-5-13(15-10-11)20(17,18)16-7-6-12-3-1-2-8-19-12/h4-5,10,12,16H,1-3,6-9,14H2. The van der Waals surface area contributed by atoms with Gasteiger partial charge in [0, 0.05) is 25.9 Å². The Morgan fingerprint density at radius 3 is 2.85 bits per heavy atom. The highest BCUT2D eigenvalue weighted by Crippen LogP contribution is 2.15. The number of pyridine rings is 1. The first-order valence-corrected chi connectivity index (χ1v) is 8.36. The molecule has 3 N–H and O–H groups in total. The predicted molar refractivity (Wildman–Crippen MR) is 75.5 cm³/mol. The fraction of sp³-hybridized carbons (Fsp3) is 0.615. The third kappa shape index (κ3) is 4.24. The van der Waals surface area contributed by atoms with E-state index in [0.29, 0.717) is 19.5 Å². The van der Waals surface area contributed by atoms with Crippen LogP contribution in [-0.4, -0.2) is 32.7 Å². The number of nitrogens with zero attached hydrogens (tertiary/aromatic N) is 1. The van der Waals surface area contributed by atoms with Gasteiger partial charge in [0.15, 0.2) is 5.03 Å². The summed E-state index contributed by atoms with van der Waals surface area (Å²) in [6.07, 6.45) is 5.60. The SMILES string of the molecule is NCc1ccc(S(=O)(=O)NCCC2CCCCO2)nc1. The number of nitrogens with two attached hydrogens (primary N) is 1. The smallest absolute Gasteiger partial charge is 0.258 e. The van der Waals surface area contributed by atoms with Crippen LogP contribution in [0.25, 0.3) is 0 Å². The second kappa shape index (κ2) is 7.12. The maximum atomic E-state index is 12.0. The maximum Gasteiger partial charge on any atom is 0.258 e. The molecule has 1 aliphatic heterocycles. The fourth-order valence-corrected chi connectivity index (χ4v) is 3.13. The summed E-state index contributed by atoms with van der Waals surface area (Å²) in [7, 11) is -3.54. The molecule has 0 aliphatic carbocycles. The van der Waals surface area contributed by atoms with E-state index in [1.807, 2.05) is 0 Å². The third-order valence-corrected chi connectivity index (χ3v) is 4.72. The van der Waals surface area contributed by atoms with E-state index in [0.717, 1.165) is 31.4 Å². The number of hydrogen-bond donors (Lipinski definition) is 2. The zero-order valence-corrected chi connectivity index (χ0v) is 12.2. The minimum absolute atomic E-state index is 0.0271. The lowest BCUT2D eigenvalue weighted by Gasteiger charge is -2.22. The Balaban J connectivity index is 1.86. The van der Waals surface area contributed by atoms with Gasteiger partial charge in [-0.05, 0) is 37.3 Å². The van der Waals surface area contributed by atoms with Gasteiger partial charge in [-0.2, -0.15) is 0 Å². The first kappa shape index (κ1) is 15.4. The number of nitrogens with one attached hydrogen (secondary N) is 1. The molecule has 1 aromatic heterocycles. The Morgan fingerprint density at radius 2 is 2.25 bits per heavy atom. The van der Waals surface area contributed by atoms with Crippen molar-refractivity contribution in [2.45, 2.75) is 43.4 Å². The quantitative estimate of drug-likeness (QED) is 0.809. The molecule has 0 saturated carbocycles. The first-order valence-electron chi connectivity index (χ1n) is 6.88. The summed E-state index contributed by atoms with van der Waals surface area (Å²) in [5, 5.41) is 0.0271. The molecule has 112 valence electrons. The van der Waals surface area contributed by atoms with E-state index in [4.69, 9.17) is 10.5 Å². The van der Waals surface area contributed by atoms with E-state index >= 15 is 0 Å². The molecule has 1 atom stereocenters. The Labute approximate surface area is 119 Å². The lowest BCUT2D eigenvalue weighted by molar-refractivity contribution is 0.0123. The van der Waals surface area contributed by atoms with E-state index in [2.05, 4.69) is 9.71 Å². The molecule has 2 heterocycles. The van der Waals surface area contributed by atoms with Gasteiger partial charge in [0.25, 0.3) is 10.0 Å². The molecule has 0 bridgehead atoms. The summed E-state index contributed by atoms with van der Waals surface area (Å²) < 4.78 is 32.2. The van der Waals surface area contributed by atoms with Crippen LogP contribution in [0.2, 0.25) is 0 Å². The van der Waals surface area contributed by atoms with Crippen LogP contribution in [0, 0.1) is 0 Å². The van der Waals surface area contributed by atoms with Crippen molar-refractivity contribution >= 4 is 10.0 Å². The van der Waals surface area contributed by atoms with Gasteiger partial charge in [-0.25, -0.2) is 18.1 Å². The van der Waals surface area contributed by atoms with E-state index < -0.39 is 10.0 Å². The van der Waals surface area contributed by atoms with Crippen molar-refractivity contribution in [1.29, 1.82) is 0 Å². The fourth-order valence-electron chi connectivity index (χ4n) is 2.15. The molecule has 1 fully saturated rings. The highest BCUT2D eigenvalue weighted by atomic mass is 32.2. The Kier molecular flexibility index (Phi) is 5.47. The maximum absolute atomic E-state index is 12.0. The summed E-state index contributed by atoms with van der Waals surface area (Å²) in [6.45, 7) is 1.49. The minimum atomic E-state index is -3.54. The molecule has 0 radical (unpaired) electrons. The summed E-state index contributed by atoms with van der Waals surface area (Å²) >= 11 is 0. The zero-order valence-electron chi connectivity index (χ0n) is 11.4. The normalized spacial score (nSPS) is 19.9. The first-order chi connectivity index (χ1) is 9.62. The molecule has 1 aromatic rings. The van der Waals surface area contributed by atoms with E-state index in [1.165, 1.54) is 12.3 Å². The number of sulfonamides is 1. The van der Waals surface area contributed by atoms with Crippen LogP contribution in [0.5, 0.6) is 0 Å². The third-order valence-electron chi connectivity index (χ3n) is 3.34. The largest absolute Gasteiger partial charge is 0.378 e. The second-order valence-corrected chi connectivity index (χ2v) is 6.60. The van der Waals surface area contributed by atoms with Crippen molar-refractivity contribution in [3.8, 4) is 0 Å². The highest BCUT2D eigenvalue weighted by molar-refractivity contribution is 7.89. The van der Waals surface area contributed by atoms with Gasteiger partial charge < -0.3 is 10.5 Å². The summed E-state index contributed by atoms with van der Waals surface area (Å²) in [5.74, 6) is 0. The molecule has 2 rings (SSSR count). The average Bonchev–Trinajstić information content (AvgIpc) is 2.48. The minimum Gasteiger partial charge on any atom is -0.378 e. The van der Waals surface area contributed by atoms with Gasteiger partial charge >= 0.3 is 0 Å². The molecule has 1 aliphatic rings. The molecule has 1 saturated heterocycles. The van der Waals surface area contributed by atoms with Gasteiger partial charge in [-0.3, -0.25) is 0 Å². The summed E-state index contributed by atoms with van der Waals surface area (Å²) in [6, 6.07) is 3.15.